The summed E-state index contributed by atoms with van der Waals surface area (Å²) in [5.74, 6) is 1.69. The highest BCUT2D eigenvalue weighted by molar-refractivity contribution is 5.82. The summed E-state index contributed by atoms with van der Waals surface area (Å²) in [6, 6.07) is 10.9. The predicted octanol–water partition coefficient (Wildman–Crippen LogP) is 2.86. The van der Waals surface area contributed by atoms with E-state index in [1.54, 1.807) is 52.7 Å². The van der Waals surface area contributed by atoms with Crippen molar-refractivity contribution in [2.75, 3.05) is 42.1 Å². The minimum Gasteiger partial charge on any atom is -0.497 e. The predicted molar refractivity (Wildman–Crippen MR) is 115 cm³/mol. The van der Waals surface area contributed by atoms with Crippen molar-refractivity contribution < 1.29 is 33.3 Å². The van der Waals surface area contributed by atoms with Gasteiger partial charge in [-0.1, -0.05) is 12.1 Å². The maximum absolute atomic E-state index is 13.0. The molecular weight excluding hydrogens is 402 g/mol. The van der Waals surface area contributed by atoms with Crippen LogP contribution in [0, 0.1) is 0 Å². The van der Waals surface area contributed by atoms with E-state index < -0.39 is 5.97 Å². The number of methoxy groups -OCH3 is 5. The monoisotopic (exact) mass is 431 g/mol. The summed E-state index contributed by atoms with van der Waals surface area (Å²) in [6.45, 7) is 0.0425. The number of rotatable bonds is 11. The van der Waals surface area contributed by atoms with E-state index in [1.165, 1.54) is 12.0 Å². The molecule has 2 rings (SSSR count). The van der Waals surface area contributed by atoms with Crippen LogP contribution >= 0.6 is 0 Å². The van der Waals surface area contributed by atoms with Crippen molar-refractivity contribution in [1.82, 2.24) is 4.90 Å². The second kappa shape index (κ2) is 11.7. The van der Waals surface area contributed by atoms with Crippen LogP contribution in [-0.2, 0) is 27.3 Å². The van der Waals surface area contributed by atoms with E-state index in [-0.39, 0.29) is 25.4 Å². The summed E-state index contributed by atoms with van der Waals surface area (Å²) in [5.41, 5.74) is 1.61. The first kappa shape index (κ1) is 23.9. The molecule has 2 aromatic rings. The Morgan fingerprint density at radius 3 is 2.10 bits per heavy atom. The fourth-order valence-corrected chi connectivity index (χ4v) is 3.18. The van der Waals surface area contributed by atoms with Crippen molar-refractivity contribution in [2.24, 2.45) is 0 Å². The van der Waals surface area contributed by atoms with E-state index >= 15 is 0 Å². The number of carbonyl (C=O) groups excluding carboxylic acids is 2. The summed E-state index contributed by atoms with van der Waals surface area (Å²) in [5, 5.41) is 0. The Bertz CT molecular complexity index is 875. The minimum absolute atomic E-state index is 0.163. The summed E-state index contributed by atoms with van der Waals surface area (Å²) >= 11 is 0. The molecule has 0 heterocycles. The van der Waals surface area contributed by atoms with Crippen LogP contribution in [0.1, 0.15) is 17.5 Å². The van der Waals surface area contributed by atoms with E-state index in [4.69, 9.17) is 23.7 Å². The van der Waals surface area contributed by atoms with Crippen molar-refractivity contribution in [3.05, 3.63) is 47.5 Å². The number of hydrogen-bond donors (Lipinski definition) is 0. The van der Waals surface area contributed by atoms with Gasteiger partial charge in [0.15, 0.2) is 11.5 Å². The molecule has 0 atom stereocenters. The molecule has 0 fully saturated rings. The van der Waals surface area contributed by atoms with Crippen LogP contribution in [-0.4, -0.2) is 58.9 Å². The lowest BCUT2D eigenvalue weighted by molar-refractivity contribution is -0.147. The second-order valence-electron chi connectivity index (χ2n) is 6.70. The first-order valence-corrected chi connectivity index (χ1v) is 9.72. The Balaban J connectivity index is 2.20. The van der Waals surface area contributed by atoms with E-state index in [1.807, 2.05) is 12.1 Å². The van der Waals surface area contributed by atoms with Gasteiger partial charge < -0.3 is 28.6 Å². The number of nitrogens with zero attached hydrogens (tertiary/aromatic N) is 1. The molecule has 0 aliphatic carbocycles. The van der Waals surface area contributed by atoms with Gasteiger partial charge in [0.2, 0.25) is 5.91 Å². The molecule has 0 N–H and O–H groups in total. The molecule has 0 unspecified atom stereocenters. The van der Waals surface area contributed by atoms with Gasteiger partial charge in [0.1, 0.15) is 18.0 Å². The molecule has 0 aromatic heterocycles. The van der Waals surface area contributed by atoms with Crippen LogP contribution in [0.25, 0.3) is 0 Å². The van der Waals surface area contributed by atoms with Crippen molar-refractivity contribution >= 4 is 11.9 Å². The zero-order valence-corrected chi connectivity index (χ0v) is 18.6. The van der Waals surface area contributed by atoms with Gasteiger partial charge in [0.25, 0.3) is 0 Å². The van der Waals surface area contributed by atoms with Gasteiger partial charge in [0.05, 0.1) is 35.5 Å². The molecule has 0 saturated carbocycles. The minimum atomic E-state index is -0.498. The summed E-state index contributed by atoms with van der Waals surface area (Å²) in [7, 11) is 7.52. The lowest BCUT2D eigenvalue weighted by Gasteiger charge is -2.22. The normalized spacial score (nSPS) is 10.2. The smallest absolute Gasteiger partial charge is 0.325 e. The molecule has 0 aliphatic heterocycles. The molecule has 1 amide bonds. The highest BCUT2D eigenvalue weighted by atomic mass is 16.5. The van der Waals surface area contributed by atoms with Crippen LogP contribution < -0.4 is 18.9 Å². The number of esters is 1. The Kier molecular flexibility index (Phi) is 8.99. The number of carbonyl (C=O) groups is 2. The van der Waals surface area contributed by atoms with Crippen molar-refractivity contribution in [2.45, 2.75) is 19.4 Å². The Morgan fingerprint density at radius 1 is 0.871 bits per heavy atom. The standard InChI is InChI=1S/C23H29NO7/c1-27-18-11-16(12-19(13-18)28-2)14-24(15-22(26)30-4)21(25)10-9-17-7-6-8-20(29-3)23(17)31-5/h6-8,11-13H,9-10,14-15H2,1-5H3. The maximum atomic E-state index is 13.0. The summed E-state index contributed by atoms with van der Waals surface area (Å²) in [4.78, 5) is 26.4. The highest BCUT2D eigenvalue weighted by Gasteiger charge is 2.20. The second-order valence-corrected chi connectivity index (χ2v) is 6.70. The largest absolute Gasteiger partial charge is 0.497 e. The first-order chi connectivity index (χ1) is 14.9. The van der Waals surface area contributed by atoms with Gasteiger partial charge in [-0.25, -0.2) is 0 Å². The van der Waals surface area contributed by atoms with Crippen LogP contribution in [0.15, 0.2) is 36.4 Å². The lowest BCUT2D eigenvalue weighted by Crippen LogP contribution is -2.36. The summed E-state index contributed by atoms with van der Waals surface area (Å²) < 4.78 is 26.1. The third-order valence-corrected chi connectivity index (χ3v) is 4.78. The lowest BCUT2D eigenvalue weighted by atomic mass is 10.1. The molecule has 8 heteroatoms. The Morgan fingerprint density at radius 2 is 1.55 bits per heavy atom. The number of aryl methyl sites for hydroxylation is 1. The molecule has 0 bridgehead atoms. The van der Waals surface area contributed by atoms with Crippen molar-refractivity contribution in [1.29, 1.82) is 0 Å². The van der Waals surface area contributed by atoms with Gasteiger partial charge >= 0.3 is 5.97 Å². The van der Waals surface area contributed by atoms with Crippen LogP contribution in [0.2, 0.25) is 0 Å². The zero-order chi connectivity index (χ0) is 22.8. The molecule has 31 heavy (non-hydrogen) atoms. The molecular formula is C23H29NO7. The SMILES string of the molecule is COC(=O)CN(Cc1cc(OC)cc(OC)c1)C(=O)CCc1cccc(OC)c1OC. The van der Waals surface area contributed by atoms with Gasteiger partial charge in [-0.2, -0.15) is 0 Å². The third-order valence-electron chi connectivity index (χ3n) is 4.78. The van der Waals surface area contributed by atoms with Gasteiger partial charge in [-0.15, -0.1) is 0 Å². The quantitative estimate of drug-likeness (QED) is 0.506. The van der Waals surface area contributed by atoms with Gasteiger partial charge in [-0.3, -0.25) is 9.59 Å². The zero-order valence-electron chi connectivity index (χ0n) is 18.6. The fourth-order valence-electron chi connectivity index (χ4n) is 3.18. The molecule has 0 saturated heterocycles. The third kappa shape index (κ3) is 6.53. The van der Waals surface area contributed by atoms with Crippen LogP contribution in [0.4, 0.5) is 0 Å². The number of amides is 1. The first-order valence-electron chi connectivity index (χ1n) is 9.72. The van der Waals surface area contributed by atoms with Crippen LogP contribution in [0.3, 0.4) is 0 Å². The molecule has 168 valence electrons. The fraction of sp³-hybridized carbons (Fsp3) is 0.391. The molecule has 8 nitrogen and oxygen atoms in total. The molecule has 2 aromatic carbocycles. The van der Waals surface area contributed by atoms with Gasteiger partial charge in [0, 0.05) is 19.0 Å². The maximum Gasteiger partial charge on any atom is 0.325 e. The molecule has 0 radical (unpaired) electrons. The number of benzene rings is 2. The van der Waals surface area contributed by atoms with Crippen LogP contribution in [0.5, 0.6) is 23.0 Å². The Labute approximate surface area is 182 Å². The molecule has 0 spiro atoms. The highest BCUT2D eigenvalue weighted by Crippen LogP contribution is 2.31. The van der Waals surface area contributed by atoms with E-state index in [9.17, 15) is 9.59 Å². The van der Waals surface area contributed by atoms with E-state index in [2.05, 4.69) is 0 Å². The van der Waals surface area contributed by atoms with Crippen molar-refractivity contribution in [3.63, 3.8) is 0 Å². The Hall–Kier alpha value is -3.42. The number of para-hydroxylation sites is 1. The number of hydrogen-bond acceptors (Lipinski definition) is 7. The van der Waals surface area contributed by atoms with Crippen molar-refractivity contribution in [3.8, 4) is 23.0 Å². The van der Waals surface area contributed by atoms with E-state index in [0.29, 0.717) is 29.4 Å². The molecule has 0 aliphatic rings. The van der Waals surface area contributed by atoms with E-state index in [0.717, 1.165) is 11.1 Å². The summed E-state index contributed by atoms with van der Waals surface area (Å²) in [6.07, 6.45) is 0.611. The average molecular weight is 431 g/mol. The number of ether oxygens (including phenoxy) is 5. The van der Waals surface area contributed by atoms with Gasteiger partial charge in [-0.05, 0) is 35.7 Å². The average Bonchev–Trinajstić information content (AvgIpc) is 2.80. The topological polar surface area (TPSA) is 83.5 Å².